The summed E-state index contributed by atoms with van der Waals surface area (Å²) in [7, 11) is 0. The van der Waals surface area contributed by atoms with Crippen LogP contribution in [-0.4, -0.2) is 31.2 Å². The van der Waals surface area contributed by atoms with E-state index in [-0.39, 0.29) is 5.57 Å². The summed E-state index contributed by atoms with van der Waals surface area (Å²) >= 11 is 0. The molecule has 1 N–H and O–H groups in total. The molecule has 29 heavy (non-hydrogen) atoms. The number of anilines is 1. The van der Waals surface area contributed by atoms with Crippen LogP contribution in [0.5, 0.6) is 11.5 Å². The van der Waals surface area contributed by atoms with E-state index < -0.39 is 18.0 Å². The highest BCUT2D eigenvalue weighted by Gasteiger charge is 2.21. The molecule has 0 bridgehead atoms. The van der Waals surface area contributed by atoms with Gasteiger partial charge in [0.15, 0.2) is 17.6 Å². The second-order valence-corrected chi connectivity index (χ2v) is 6.48. The van der Waals surface area contributed by atoms with E-state index in [9.17, 15) is 14.9 Å². The second-order valence-electron chi connectivity index (χ2n) is 6.48. The molecule has 7 heteroatoms. The van der Waals surface area contributed by atoms with Gasteiger partial charge in [0.25, 0.3) is 5.91 Å². The van der Waals surface area contributed by atoms with Crippen LogP contribution in [0.4, 0.5) is 5.69 Å². The molecule has 1 aliphatic heterocycles. The Morgan fingerprint density at radius 2 is 1.83 bits per heavy atom. The number of nitrogens with one attached hydrogen (secondary N) is 1. The molecule has 0 aliphatic carbocycles. The minimum absolute atomic E-state index is 0.187. The molecule has 1 heterocycles. The van der Waals surface area contributed by atoms with Crippen LogP contribution >= 0.6 is 0 Å². The molecule has 0 saturated carbocycles. The van der Waals surface area contributed by atoms with Gasteiger partial charge in [-0.15, -0.1) is 0 Å². The summed E-state index contributed by atoms with van der Waals surface area (Å²) < 4.78 is 16.1. The van der Waals surface area contributed by atoms with E-state index in [2.05, 4.69) is 5.32 Å². The van der Waals surface area contributed by atoms with E-state index in [1.165, 1.54) is 13.0 Å². The van der Waals surface area contributed by atoms with Crippen LogP contribution in [0.2, 0.25) is 0 Å². The number of benzene rings is 2. The average molecular weight is 392 g/mol. The van der Waals surface area contributed by atoms with Gasteiger partial charge in [0, 0.05) is 11.8 Å². The zero-order valence-corrected chi connectivity index (χ0v) is 16.1. The van der Waals surface area contributed by atoms with Gasteiger partial charge >= 0.3 is 5.97 Å². The molecule has 0 fully saturated rings. The maximum atomic E-state index is 12.4. The maximum absolute atomic E-state index is 12.4. The molecular formula is C22H20N2O5. The minimum Gasteiger partial charge on any atom is -0.486 e. The number of nitrogens with zero attached hydrogens (tertiary/aromatic N) is 1. The SMILES string of the molecule is Cc1ccc(/C=C(\C#N)C(=O)O[C@@H](C)C(=O)Nc2ccc3c(c2)OCCO3)cc1. The van der Waals surface area contributed by atoms with Gasteiger partial charge in [0.05, 0.1) is 0 Å². The largest absolute Gasteiger partial charge is 0.486 e. The van der Waals surface area contributed by atoms with Crippen LogP contribution in [0.15, 0.2) is 48.0 Å². The van der Waals surface area contributed by atoms with Crippen molar-refractivity contribution in [3.63, 3.8) is 0 Å². The van der Waals surface area contributed by atoms with Crippen LogP contribution in [0, 0.1) is 18.3 Å². The fourth-order valence-corrected chi connectivity index (χ4v) is 2.61. The van der Waals surface area contributed by atoms with Crippen molar-refractivity contribution in [3.8, 4) is 17.6 Å². The first-order valence-electron chi connectivity index (χ1n) is 9.06. The molecule has 1 amide bonds. The molecule has 0 aromatic heterocycles. The highest BCUT2D eigenvalue weighted by Crippen LogP contribution is 2.32. The fourth-order valence-electron chi connectivity index (χ4n) is 2.61. The lowest BCUT2D eigenvalue weighted by Crippen LogP contribution is -2.30. The number of aryl methyl sites for hydroxylation is 1. The summed E-state index contributed by atoms with van der Waals surface area (Å²) in [6, 6.07) is 14.1. The van der Waals surface area contributed by atoms with Gasteiger partial charge in [0.1, 0.15) is 24.9 Å². The molecule has 1 atom stereocenters. The topological polar surface area (TPSA) is 97.7 Å². The Kier molecular flexibility index (Phi) is 6.15. The van der Waals surface area contributed by atoms with Crippen LogP contribution in [0.3, 0.4) is 0 Å². The van der Waals surface area contributed by atoms with Crippen LogP contribution in [0.1, 0.15) is 18.1 Å². The van der Waals surface area contributed by atoms with Gasteiger partial charge in [-0.25, -0.2) is 4.79 Å². The molecular weight excluding hydrogens is 372 g/mol. The minimum atomic E-state index is -1.09. The van der Waals surface area contributed by atoms with E-state index in [4.69, 9.17) is 14.2 Å². The average Bonchev–Trinajstić information content (AvgIpc) is 2.73. The number of amides is 1. The van der Waals surface area contributed by atoms with Crippen molar-refractivity contribution < 1.29 is 23.8 Å². The third kappa shape index (κ3) is 5.14. The third-order valence-corrected chi connectivity index (χ3v) is 4.19. The lowest BCUT2D eigenvalue weighted by atomic mass is 10.1. The number of ether oxygens (including phenoxy) is 3. The van der Waals surface area contributed by atoms with Crippen molar-refractivity contribution in [1.82, 2.24) is 0 Å². The zero-order chi connectivity index (χ0) is 20.8. The number of hydrogen-bond donors (Lipinski definition) is 1. The van der Waals surface area contributed by atoms with E-state index in [0.29, 0.717) is 36.0 Å². The Balaban J connectivity index is 1.63. The van der Waals surface area contributed by atoms with Gasteiger partial charge in [-0.3, -0.25) is 4.79 Å². The Hall–Kier alpha value is -3.79. The first-order valence-corrected chi connectivity index (χ1v) is 9.06. The van der Waals surface area contributed by atoms with Gasteiger partial charge in [-0.2, -0.15) is 5.26 Å². The third-order valence-electron chi connectivity index (χ3n) is 4.19. The number of fused-ring (bicyclic) bond motifs is 1. The predicted molar refractivity (Wildman–Crippen MR) is 106 cm³/mol. The lowest BCUT2D eigenvalue weighted by Gasteiger charge is -2.19. The van der Waals surface area contributed by atoms with Crippen molar-refractivity contribution in [3.05, 3.63) is 59.2 Å². The lowest BCUT2D eigenvalue weighted by molar-refractivity contribution is -0.148. The molecule has 2 aromatic rings. The number of nitriles is 1. The van der Waals surface area contributed by atoms with E-state index in [1.807, 2.05) is 25.1 Å². The summed E-state index contributed by atoms with van der Waals surface area (Å²) in [5, 5.41) is 11.9. The van der Waals surface area contributed by atoms with Gasteiger partial charge in [-0.05, 0) is 37.6 Å². The molecule has 0 unspecified atom stereocenters. The fraction of sp³-hybridized carbons (Fsp3) is 0.227. The summed E-state index contributed by atoms with van der Waals surface area (Å²) in [4.78, 5) is 24.6. The molecule has 0 spiro atoms. The first kappa shape index (κ1) is 20.0. The quantitative estimate of drug-likeness (QED) is 0.477. The van der Waals surface area contributed by atoms with E-state index >= 15 is 0 Å². The van der Waals surface area contributed by atoms with Gasteiger partial charge in [0.2, 0.25) is 0 Å². The molecule has 0 saturated heterocycles. The second kappa shape index (κ2) is 8.93. The summed E-state index contributed by atoms with van der Waals surface area (Å²) in [5.41, 5.74) is 2.05. The highest BCUT2D eigenvalue weighted by atomic mass is 16.6. The number of rotatable bonds is 5. The molecule has 1 aliphatic rings. The molecule has 0 radical (unpaired) electrons. The standard InChI is InChI=1S/C22H20N2O5/c1-14-3-5-16(6-4-14)11-17(13-23)22(26)29-15(2)21(25)24-18-7-8-19-20(12-18)28-10-9-27-19/h3-8,11-12,15H,9-10H2,1-2H3,(H,24,25)/b17-11+/t15-/m0/s1. The van der Waals surface area contributed by atoms with Crippen LogP contribution < -0.4 is 14.8 Å². The molecule has 2 aromatic carbocycles. The summed E-state index contributed by atoms with van der Waals surface area (Å²) in [6.45, 7) is 4.28. The Bertz CT molecular complexity index is 989. The molecule has 3 rings (SSSR count). The Labute approximate surface area is 168 Å². The van der Waals surface area contributed by atoms with Crippen molar-refractivity contribution in [2.45, 2.75) is 20.0 Å². The van der Waals surface area contributed by atoms with E-state index in [1.54, 1.807) is 30.3 Å². The van der Waals surface area contributed by atoms with Crippen molar-refractivity contribution in [2.24, 2.45) is 0 Å². The summed E-state index contributed by atoms with van der Waals surface area (Å²) in [6.07, 6.45) is 0.332. The molecule has 148 valence electrons. The van der Waals surface area contributed by atoms with Crippen molar-refractivity contribution >= 4 is 23.6 Å². The van der Waals surface area contributed by atoms with Gasteiger partial charge in [-0.1, -0.05) is 29.8 Å². The number of hydrogen-bond acceptors (Lipinski definition) is 6. The first-order chi connectivity index (χ1) is 14.0. The van der Waals surface area contributed by atoms with Crippen LogP contribution in [-0.2, 0) is 14.3 Å². The maximum Gasteiger partial charge on any atom is 0.349 e. The monoisotopic (exact) mass is 392 g/mol. The smallest absolute Gasteiger partial charge is 0.349 e. The normalized spacial score (nSPS) is 13.8. The highest BCUT2D eigenvalue weighted by molar-refractivity contribution is 6.01. The number of esters is 1. The Morgan fingerprint density at radius 3 is 2.52 bits per heavy atom. The number of carbonyl (C=O) groups is 2. The van der Waals surface area contributed by atoms with E-state index in [0.717, 1.165) is 5.56 Å². The van der Waals surface area contributed by atoms with Gasteiger partial charge < -0.3 is 19.5 Å². The van der Waals surface area contributed by atoms with Crippen molar-refractivity contribution in [2.75, 3.05) is 18.5 Å². The van der Waals surface area contributed by atoms with Crippen LogP contribution in [0.25, 0.3) is 6.08 Å². The molecule has 7 nitrogen and oxygen atoms in total. The zero-order valence-electron chi connectivity index (χ0n) is 16.1. The number of carbonyl (C=O) groups excluding carboxylic acids is 2. The van der Waals surface area contributed by atoms with Crippen molar-refractivity contribution in [1.29, 1.82) is 5.26 Å². The summed E-state index contributed by atoms with van der Waals surface area (Å²) in [5.74, 6) is -0.249. The Morgan fingerprint density at radius 1 is 1.14 bits per heavy atom. The predicted octanol–water partition coefficient (Wildman–Crippen LogP) is 3.24.